The van der Waals surface area contributed by atoms with Crippen molar-refractivity contribution >= 4 is 15.5 Å². The summed E-state index contributed by atoms with van der Waals surface area (Å²) in [5, 5.41) is 9.45. The van der Waals surface area contributed by atoms with E-state index >= 15 is 0 Å². The van der Waals surface area contributed by atoms with Crippen LogP contribution in [0, 0.1) is 0 Å². The van der Waals surface area contributed by atoms with Gasteiger partial charge in [-0.25, -0.2) is 0 Å². The van der Waals surface area contributed by atoms with Gasteiger partial charge < -0.3 is 0 Å². The second-order valence-corrected chi connectivity index (χ2v) is 4.83. The molecule has 4 nitrogen and oxygen atoms in total. The van der Waals surface area contributed by atoms with E-state index < -0.39 is 0 Å². The predicted molar refractivity (Wildman–Crippen MR) is 62.5 cm³/mol. The van der Waals surface area contributed by atoms with E-state index in [-0.39, 0.29) is 5.28 Å². The van der Waals surface area contributed by atoms with Crippen molar-refractivity contribution in [2.24, 2.45) is 15.2 Å². The van der Waals surface area contributed by atoms with Gasteiger partial charge in [-0.2, -0.15) is 5.10 Å². The largest absolute Gasteiger partial charge is 0.267 e. The van der Waals surface area contributed by atoms with Crippen molar-refractivity contribution in [3.63, 3.8) is 0 Å². The number of hydrogen-bond donors (Lipinski definition) is 0. The molecule has 0 spiro atoms. The van der Waals surface area contributed by atoms with E-state index in [1.807, 2.05) is 19.9 Å². The first-order valence-corrected chi connectivity index (χ1v) is 5.45. The third-order valence-corrected chi connectivity index (χ3v) is 2.43. The summed E-state index contributed by atoms with van der Waals surface area (Å²) in [5.41, 5.74) is 0.941. The number of rotatable bonds is 1. The molecule has 2 heterocycles. The van der Waals surface area contributed by atoms with Gasteiger partial charge in [-0.15, -0.1) is 14.3 Å². The highest BCUT2D eigenvalue weighted by molar-refractivity contribution is 7.20. The highest BCUT2D eigenvalue weighted by Gasteiger charge is 2.14. The highest BCUT2D eigenvalue weighted by atomic mass is 31.0. The van der Waals surface area contributed by atoms with Crippen LogP contribution in [0.15, 0.2) is 27.5 Å². The predicted octanol–water partition coefficient (Wildman–Crippen LogP) is 0.474. The lowest BCUT2D eigenvalue weighted by atomic mass is 10.2. The molecule has 0 amide bonds. The summed E-state index contributed by atoms with van der Waals surface area (Å²) >= 11 is 0. The van der Waals surface area contributed by atoms with Crippen molar-refractivity contribution in [2.45, 2.75) is 25.5 Å². The van der Waals surface area contributed by atoms with E-state index in [2.05, 4.69) is 29.4 Å². The average Bonchev–Trinajstić information content (AvgIpc) is 2.33. The van der Waals surface area contributed by atoms with Crippen molar-refractivity contribution in [3.8, 4) is 0 Å². The summed E-state index contributed by atoms with van der Waals surface area (Å²) in [6, 6.07) is 1.87. The quantitative estimate of drug-likeness (QED) is 0.635. The molecule has 2 atom stereocenters. The molecule has 15 heavy (non-hydrogen) atoms. The summed E-state index contributed by atoms with van der Waals surface area (Å²) in [7, 11) is 2.65. The van der Waals surface area contributed by atoms with E-state index in [0.29, 0.717) is 0 Å². The second-order valence-electron chi connectivity index (χ2n) is 3.66. The maximum Gasteiger partial charge on any atom is 0.132 e. The minimum absolute atomic E-state index is 0.374. The zero-order chi connectivity index (χ0) is 10.9. The topological polar surface area (TPSA) is 50.0 Å². The van der Waals surface area contributed by atoms with Crippen LogP contribution in [0.25, 0.3) is 0 Å². The van der Waals surface area contributed by atoms with Gasteiger partial charge in [0, 0.05) is 6.20 Å². The van der Waals surface area contributed by atoms with Gasteiger partial charge in [0.25, 0.3) is 0 Å². The molecule has 2 rings (SSSR count). The molecule has 2 unspecified atom stereocenters. The molecule has 0 aromatic carbocycles. The smallest absolute Gasteiger partial charge is 0.132 e. The van der Waals surface area contributed by atoms with Gasteiger partial charge >= 0.3 is 0 Å². The first kappa shape index (κ1) is 10.4. The molecule has 0 bridgehead atoms. The standard InChI is InChI=1S/C10H13N4P/c1-3-7-9-8(4-5-11-7)13-10(2,15)6-12-14-9/h4-6H,3,15H2,1-2H3. The summed E-state index contributed by atoms with van der Waals surface area (Å²) in [4.78, 5) is 8.83. The van der Waals surface area contributed by atoms with Crippen LogP contribution in [-0.4, -0.2) is 16.5 Å². The van der Waals surface area contributed by atoms with Gasteiger partial charge in [-0.05, 0) is 19.4 Å². The number of hydrogen-bond acceptors (Lipinski definition) is 4. The van der Waals surface area contributed by atoms with Crippen molar-refractivity contribution in [3.05, 3.63) is 28.7 Å². The molecule has 1 aromatic heterocycles. The number of aromatic nitrogens is 1. The molecule has 78 valence electrons. The summed E-state index contributed by atoms with van der Waals surface area (Å²) in [5.74, 6) is 0. The van der Waals surface area contributed by atoms with Gasteiger partial charge in [0.2, 0.25) is 0 Å². The summed E-state index contributed by atoms with van der Waals surface area (Å²) < 4.78 is 0. The van der Waals surface area contributed by atoms with Crippen LogP contribution >= 0.6 is 9.24 Å². The van der Waals surface area contributed by atoms with E-state index in [1.165, 1.54) is 0 Å². The van der Waals surface area contributed by atoms with Crippen LogP contribution in [0.1, 0.15) is 19.5 Å². The third-order valence-electron chi connectivity index (χ3n) is 2.15. The lowest BCUT2D eigenvalue weighted by Crippen LogP contribution is -2.32. The van der Waals surface area contributed by atoms with Gasteiger partial charge in [-0.3, -0.25) is 9.98 Å². The first-order chi connectivity index (χ1) is 7.12. The number of nitrogens with zero attached hydrogens (tertiary/aromatic N) is 4. The molecule has 5 heteroatoms. The van der Waals surface area contributed by atoms with Gasteiger partial charge in [0.15, 0.2) is 0 Å². The Balaban J connectivity index is 2.78. The molecular formula is C10H13N4P. The number of fused-ring (bicyclic) bond motifs is 1. The fourth-order valence-corrected chi connectivity index (χ4v) is 1.64. The Morgan fingerprint density at radius 1 is 1.47 bits per heavy atom. The average molecular weight is 220 g/mol. The lowest BCUT2D eigenvalue weighted by Gasteiger charge is -2.10. The Morgan fingerprint density at radius 3 is 3.00 bits per heavy atom. The molecular weight excluding hydrogens is 207 g/mol. The Morgan fingerprint density at radius 2 is 2.27 bits per heavy atom. The van der Waals surface area contributed by atoms with E-state index in [0.717, 1.165) is 22.8 Å². The van der Waals surface area contributed by atoms with Crippen molar-refractivity contribution in [1.82, 2.24) is 4.98 Å². The van der Waals surface area contributed by atoms with Crippen LogP contribution in [0.2, 0.25) is 0 Å². The molecule has 0 saturated heterocycles. The lowest BCUT2D eigenvalue weighted by molar-refractivity contribution is 0.870. The second kappa shape index (κ2) is 3.78. The van der Waals surface area contributed by atoms with E-state index in [1.54, 1.807) is 12.4 Å². The van der Waals surface area contributed by atoms with Crippen molar-refractivity contribution < 1.29 is 0 Å². The molecule has 0 radical (unpaired) electrons. The maximum absolute atomic E-state index is 4.56. The van der Waals surface area contributed by atoms with Crippen LogP contribution in [0.5, 0.6) is 0 Å². The van der Waals surface area contributed by atoms with Gasteiger partial charge in [-0.1, -0.05) is 6.92 Å². The zero-order valence-electron chi connectivity index (χ0n) is 8.81. The minimum atomic E-state index is -0.374. The highest BCUT2D eigenvalue weighted by Crippen LogP contribution is 2.15. The van der Waals surface area contributed by atoms with Crippen LogP contribution < -0.4 is 10.7 Å². The molecule has 0 aliphatic carbocycles. The first-order valence-electron chi connectivity index (χ1n) is 4.87. The number of aryl methyl sites for hydroxylation is 1. The normalized spacial score (nSPS) is 23.7. The SMILES string of the molecule is CCc1nccc2c1=NN=CC(C)(P)N=2. The Bertz CT molecular complexity index is 519. The van der Waals surface area contributed by atoms with E-state index in [4.69, 9.17) is 0 Å². The van der Waals surface area contributed by atoms with Crippen LogP contribution in [-0.2, 0) is 6.42 Å². The molecule has 0 N–H and O–H groups in total. The minimum Gasteiger partial charge on any atom is -0.267 e. The molecule has 0 saturated carbocycles. The zero-order valence-corrected chi connectivity index (χ0v) is 9.96. The van der Waals surface area contributed by atoms with Gasteiger partial charge in [0.05, 0.1) is 17.3 Å². The molecule has 1 aliphatic rings. The van der Waals surface area contributed by atoms with Crippen LogP contribution in [0.4, 0.5) is 0 Å². The van der Waals surface area contributed by atoms with Crippen molar-refractivity contribution in [2.75, 3.05) is 0 Å². The third kappa shape index (κ3) is 2.10. The summed E-state index contributed by atoms with van der Waals surface area (Å²) in [6.07, 6.45) is 4.32. The monoisotopic (exact) mass is 220 g/mol. The Kier molecular flexibility index (Phi) is 2.61. The maximum atomic E-state index is 4.56. The fourth-order valence-electron chi connectivity index (χ4n) is 1.44. The van der Waals surface area contributed by atoms with Gasteiger partial charge in [0.1, 0.15) is 10.6 Å². The molecule has 0 fully saturated rings. The Hall–Kier alpha value is -1.15. The molecule has 1 aromatic rings. The van der Waals surface area contributed by atoms with Crippen LogP contribution in [0.3, 0.4) is 0 Å². The molecule has 1 aliphatic heterocycles. The fraction of sp³-hybridized carbons (Fsp3) is 0.400. The van der Waals surface area contributed by atoms with E-state index in [9.17, 15) is 0 Å². The Labute approximate surface area is 90.5 Å². The van der Waals surface area contributed by atoms with Crippen molar-refractivity contribution in [1.29, 1.82) is 0 Å². The summed E-state index contributed by atoms with van der Waals surface area (Å²) in [6.45, 7) is 4.02. The number of pyridine rings is 1.